The second-order valence-corrected chi connectivity index (χ2v) is 8.11. The van der Waals surface area contributed by atoms with Crippen molar-refractivity contribution in [1.82, 2.24) is 10.6 Å². The lowest BCUT2D eigenvalue weighted by molar-refractivity contribution is -0.123. The maximum Gasteiger partial charge on any atom is 0.223 e. The summed E-state index contributed by atoms with van der Waals surface area (Å²) in [6.07, 6.45) is 2.01. The number of hydrogen-bond donors (Lipinski definition) is 2. The number of benzene rings is 1. The fraction of sp³-hybridized carbons (Fsp3) is 0.562. The molecule has 1 amide bonds. The minimum atomic E-state index is -3.60. The lowest BCUT2D eigenvalue weighted by Crippen LogP contribution is -2.34. The van der Waals surface area contributed by atoms with Crippen LogP contribution in [0.5, 0.6) is 0 Å². The molecule has 0 bridgehead atoms. The van der Waals surface area contributed by atoms with Crippen molar-refractivity contribution < 1.29 is 17.6 Å². The van der Waals surface area contributed by atoms with Gasteiger partial charge in [-0.1, -0.05) is 6.92 Å². The van der Waals surface area contributed by atoms with E-state index < -0.39 is 21.6 Å². The highest BCUT2D eigenvalue weighted by atomic mass is 35.5. The van der Waals surface area contributed by atoms with Crippen LogP contribution in [0.25, 0.3) is 0 Å². The van der Waals surface area contributed by atoms with Gasteiger partial charge >= 0.3 is 0 Å². The molecule has 0 aromatic heterocycles. The van der Waals surface area contributed by atoms with Gasteiger partial charge in [0.1, 0.15) is 5.82 Å². The van der Waals surface area contributed by atoms with Gasteiger partial charge in [0.25, 0.3) is 0 Å². The van der Waals surface area contributed by atoms with Crippen LogP contribution < -0.4 is 10.6 Å². The van der Waals surface area contributed by atoms with Crippen LogP contribution in [-0.4, -0.2) is 39.7 Å². The van der Waals surface area contributed by atoms with Crippen molar-refractivity contribution in [1.29, 1.82) is 0 Å². The normalized spacial score (nSPS) is 18.7. The van der Waals surface area contributed by atoms with Crippen LogP contribution in [0.2, 0.25) is 0 Å². The Bertz CT molecular complexity index is 631. The van der Waals surface area contributed by atoms with E-state index in [9.17, 15) is 17.6 Å². The molecule has 2 rings (SSSR count). The molecule has 0 aliphatic carbocycles. The van der Waals surface area contributed by atoms with Crippen molar-refractivity contribution in [3.63, 3.8) is 0 Å². The average molecular weight is 379 g/mol. The molecule has 24 heavy (non-hydrogen) atoms. The molecule has 0 spiro atoms. The summed E-state index contributed by atoms with van der Waals surface area (Å²) in [5.74, 6) is -1.10. The first-order valence-electron chi connectivity index (χ1n) is 7.85. The minimum absolute atomic E-state index is 0. The van der Waals surface area contributed by atoms with Crippen molar-refractivity contribution in [2.45, 2.75) is 24.7 Å². The van der Waals surface area contributed by atoms with Crippen LogP contribution in [0.3, 0.4) is 0 Å². The van der Waals surface area contributed by atoms with Crippen LogP contribution >= 0.6 is 12.4 Å². The molecule has 8 heteroatoms. The second-order valence-electron chi connectivity index (χ2n) is 6.07. The Labute approximate surface area is 148 Å². The second kappa shape index (κ2) is 9.34. The highest BCUT2D eigenvalue weighted by Crippen LogP contribution is 2.15. The summed E-state index contributed by atoms with van der Waals surface area (Å²) in [7, 11) is -3.60. The number of hydrogen-bond acceptors (Lipinski definition) is 4. The third-order valence-electron chi connectivity index (χ3n) is 4.10. The van der Waals surface area contributed by atoms with Crippen molar-refractivity contribution in [3.05, 3.63) is 30.1 Å². The molecule has 1 heterocycles. The minimum Gasteiger partial charge on any atom is -0.356 e. The molecule has 1 aromatic rings. The predicted molar refractivity (Wildman–Crippen MR) is 93.5 cm³/mol. The molecule has 136 valence electrons. The number of halogens is 2. The van der Waals surface area contributed by atoms with Crippen LogP contribution in [0.15, 0.2) is 29.2 Å². The van der Waals surface area contributed by atoms with Crippen molar-refractivity contribution in [2.75, 3.05) is 25.4 Å². The topological polar surface area (TPSA) is 75.3 Å². The number of amides is 1. The molecule has 2 unspecified atom stereocenters. The standard InChI is InChI=1S/C16H23FN2O3S.ClH/c1-12(16(20)19-9-7-13-6-8-18-10-13)11-23(21,22)15-4-2-14(17)3-5-15;/h2-5,12-13,18H,6-11H2,1H3,(H,19,20);1H. The molecular weight excluding hydrogens is 355 g/mol. The largest absolute Gasteiger partial charge is 0.356 e. The maximum absolute atomic E-state index is 12.9. The monoisotopic (exact) mass is 378 g/mol. The number of nitrogens with one attached hydrogen (secondary N) is 2. The first-order valence-corrected chi connectivity index (χ1v) is 9.50. The van der Waals surface area contributed by atoms with Gasteiger partial charge in [-0.2, -0.15) is 0 Å². The zero-order chi connectivity index (χ0) is 16.9. The molecule has 1 aromatic carbocycles. The summed E-state index contributed by atoms with van der Waals surface area (Å²) in [5, 5.41) is 6.07. The van der Waals surface area contributed by atoms with Crippen molar-refractivity contribution >= 4 is 28.2 Å². The number of rotatable bonds is 7. The zero-order valence-corrected chi connectivity index (χ0v) is 15.3. The summed E-state index contributed by atoms with van der Waals surface area (Å²) in [6, 6.07) is 4.66. The van der Waals surface area contributed by atoms with Crippen LogP contribution in [0.1, 0.15) is 19.8 Å². The Balaban J connectivity index is 0.00000288. The quantitative estimate of drug-likeness (QED) is 0.709. The first-order chi connectivity index (χ1) is 10.9. The summed E-state index contributed by atoms with van der Waals surface area (Å²) in [5.41, 5.74) is 0. The predicted octanol–water partition coefficient (Wildman–Crippen LogP) is 1.77. The molecule has 1 saturated heterocycles. The third kappa shape index (κ3) is 6.03. The molecule has 2 atom stereocenters. The van der Waals surface area contributed by atoms with E-state index in [0.717, 1.165) is 38.1 Å². The molecule has 1 fully saturated rings. The number of carbonyl (C=O) groups is 1. The Hall–Kier alpha value is -1.18. The van der Waals surface area contributed by atoms with E-state index in [4.69, 9.17) is 0 Å². The maximum atomic E-state index is 12.9. The summed E-state index contributed by atoms with van der Waals surface area (Å²) >= 11 is 0. The van der Waals surface area contributed by atoms with E-state index >= 15 is 0 Å². The van der Waals surface area contributed by atoms with Gasteiger partial charge in [0, 0.05) is 12.5 Å². The van der Waals surface area contributed by atoms with Crippen LogP contribution in [0.4, 0.5) is 4.39 Å². The lowest BCUT2D eigenvalue weighted by Gasteiger charge is -2.14. The van der Waals surface area contributed by atoms with Gasteiger partial charge in [0.2, 0.25) is 5.91 Å². The van der Waals surface area contributed by atoms with Crippen LogP contribution in [0, 0.1) is 17.7 Å². The van der Waals surface area contributed by atoms with Gasteiger partial charge < -0.3 is 10.6 Å². The summed E-state index contributed by atoms with van der Waals surface area (Å²) in [4.78, 5) is 12.1. The first kappa shape index (κ1) is 20.9. The third-order valence-corrected chi connectivity index (χ3v) is 6.03. The van der Waals surface area contributed by atoms with E-state index in [2.05, 4.69) is 10.6 Å². The van der Waals surface area contributed by atoms with E-state index in [1.165, 1.54) is 12.1 Å². The molecule has 2 N–H and O–H groups in total. The summed E-state index contributed by atoms with van der Waals surface area (Å²) in [6.45, 7) is 4.15. The summed E-state index contributed by atoms with van der Waals surface area (Å²) < 4.78 is 37.3. The van der Waals surface area contributed by atoms with Gasteiger partial charge in [0.15, 0.2) is 9.84 Å². The Morgan fingerprint density at radius 2 is 2.04 bits per heavy atom. The Kier molecular flexibility index (Phi) is 8.12. The highest BCUT2D eigenvalue weighted by molar-refractivity contribution is 7.91. The zero-order valence-electron chi connectivity index (χ0n) is 13.6. The fourth-order valence-corrected chi connectivity index (χ4v) is 4.23. The SMILES string of the molecule is CC(CS(=O)(=O)c1ccc(F)cc1)C(=O)NCCC1CCNC1.Cl. The van der Waals surface area contributed by atoms with Gasteiger partial charge in [-0.25, -0.2) is 12.8 Å². The van der Waals surface area contributed by atoms with E-state index in [1.807, 2.05) is 0 Å². The van der Waals surface area contributed by atoms with Crippen LogP contribution in [-0.2, 0) is 14.6 Å². The van der Waals surface area contributed by atoms with Gasteiger partial charge in [-0.05, 0) is 56.1 Å². The fourth-order valence-electron chi connectivity index (χ4n) is 2.68. The molecule has 1 aliphatic heterocycles. The highest BCUT2D eigenvalue weighted by Gasteiger charge is 2.23. The number of sulfone groups is 1. The number of carbonyl (C=O) groups excluding carboxylic acids is 1. The lowest BCUT2D eigenvalue weighted by atomic mass is 10.1. The van der Waals surface area contributed by atoms with Crippen molar-refractivity contribution in [3.8, 4) is 0 Å². The van der Waals surface area contributed by atoms with E-state index in [1.54, 1.807) is 6.92 Å². The van der Waals surface area contributed by atoms with Gasteiger partial charge in [-0.3, -0.25) is 4.79 Å². The van der Waals surface area contributed by atoms with E-state index in [0.29, 0.717) is 12.5 Å². The molecule has 0 radical (unpaired) electrons. The smallest absolute Gasteiger partial charge is 0.223 e. The molecule has 5 nitrogen and oxygen atoms in total. The molecule has 0 saturated carbocycles. The average Bonchev–Trinajstić information content (AvgIpc) is 3.00. The van der Waals surface area contributed by atoms with Gasteiger partial charge in [-0.15, -0.1) is 12.4 Å². The van der Waals surface area contributed by atoms with E-state index in [-0.39, 0.29) is 29.0 Å². The molecular formula is C16H24ClFN2O3S. The van der Waals surface area contributed by atoms with Gasteiger partial charge in [0.05, 0.1) is 10.6 Å². The Morgan fingerprint density at radius 3 is 2.62 bits per heavy atom. The molecule has 1 aliphatic rings. The Morgan fingerprint density at radius 1 is 1.38 bits per heavy atom. The van der Waals surface area contributed by atoms with Crippen molar-refractivity contribution in [2.24, 2.45) is 11.8 Å².